The minimum Gasteiger partial charge on any atom is -0.371 e. The molecular formula is C13H21BrN2. The van der Waals surface area contributed by atoms with Crippen LogP contribution in [0, 0.1) is 5.92 Å². The smallest absolute Gasteiger partial charge is 0.0510 e. The first-order valence-corrected chi connectivity index (χ1v) is 6.48. The molecule has 16 heavy (non-hydrogen) atoms. The van der Waals surface area contributed by atoms with Crippen molar-refractivity contribution in [2.24, 2.45) is 11.7 Å². The van der Waals surface area contributed by atoms with Crippen LogP contribution in [0.3, 0.4) is 0 Å². The molecule has 0 aliphatic rings. The van der Waals surface area contributed by atoms with Gasteiger partial charge in [-0.25, -0.2) is 0 Å². The van der Waals surface area contributed by atoms with Gasteiger partial charge in [0.05, 0.1) is 5.69 Å². The van der Waals surface area contributed by atoms with E-state index in [1.165, 1.54) is 5.69 Å². The molecule has 0 aliphatic heterocycles. The number of rotatable bonds is 4. The Bertz CT molecular complexity index is 350. The molecule has 1 aromatic rings. The minimum absolute atomic E-state index is 0.514. The van der Waals surface area contributed by atoms with E-state index in [4.69, 9.17) is 5.73 Å². The number of benzene rings is 1. The normalized spacial score (nSPS) is 12.9. The molecule has 0 bridgehead atoms. The van der Waals surface area contributed by atoms with Crippen LogP contribution in [0.1, 0.15) is 26.3 Å². The summed E-state index contributed by atoms with van der Waals surface area (Å²) < 4.78 is 1.12. The number of hydrogen-bond donors (Lipinski definition) is 1. The molecule has 2 N–H and O–H groups in total. The summed E-state index contributed by atoms with van der Waals surface area (Å²) in [5.41, 5.74) is 7.99. The lowest BCUT2D eigenvalue weighted by Crippen LogP contribution is -2.33. The molecule has 2 nitrogen and oxygen atoms in total. The quantitative estimate of drug-likeness (QED) is 0.918. The Kier molecular flexibility index (Phi) is 4.81. The first-order valence-electron chi connectivity index (χ1n) is 5.68. The molecule has 1 unspecified atom stereocenters. The van der Waals surface area contributed by atoms with Gasteiger partial charge in [-0.05, 0) is 46.5 Å². The third-order valence-corrected chi connectivity index (χ3v) is 3.84. The molecule has 1 rings (SSSR count). The van der Waals surface area contributed by atoms with E-state index in [1.807, 2.05) is 0 Å². The highest BCUT2D eigenvalue weighted by atomic mass is 79.9. The molecule has 0 fully saturated rings. The largest absolute Gasteiger partial charge is 0.371 e. The number of hydrogen-bond acceptors (Lipinski definition) is 2. The zero-order chi connectivity index (χ0) is 12.3. The lowest BCUT2D eigenvalue weighted by Gasteiger charge is -2.31. The highest BCUT2D eigenvalue weighted by molar-refractivity contribution is 9.10. The summed E-state index contributed by atoms with van der Waals surface area (Å²) in [5, 5.41) is 0. The van der Waals surface area contributed by atoms with E-state index in [0.717, 1.165) is 10.0 Å². The summed E-state index contributed by atoms with van der Waals surface area (Å²) in [6.45, 7) is 7.31. The topological polar surface area (TPSA) is 29.3 Å². The van der Waals surface area contributed by atoms with E-state index in [9.17, 15) is 0 Å². The Morgan fingerprint density at radius 3 is 2.38 bits per heavy atom. The molecule has 0 spiro atoms. The Hall–Kier alpha value is -0.540. The van der Waals surface area contributed by atoms with Crippen LogP contribution < -0.4 is 10.6 Å². The predicted octanol–water partition coefficient (Wildman–Crippen LogP) is 3.39. The van der Waals surface area contributed by atoms with Crippen molar-refractivity contribution < 1.29 is 0 Å². The van der Waals surface area contributed by atoms with E-state index in [-0.39, 0.29) is 0 Å². The van der Waals surface area contributed by atoms with Crippen LogP contribution in [0.5, 0.6) is 0 Å². The summed E-state index contributed by atoms with van der Waals surface area (Å²) in [5.74, 6) is 0.631. The second kappa shape index (κ2) is 5.69. The Morgan fingerprint density at radius 2 is 1.94 bits per heavy atom. The van der Waals surface area contributed by atoms with Gasteiger partial charge in [0.2, 0.25) is 0 Å². The highest BCUT2D eigenvalue weighted by Crippen LogP contribution is 2.29. The summed E-state index contributed by atoms with van der Waals surface area (Å²) >= 11 is 3.61. The molecule has 0 aromatic heterocycles. The Balaban J connectivity index is 2.96. The monoisotopic (exact) mass is 284 g/mol. The summed E-state index contributed by atoms with van der Waals surface area (Å²) in [6, 6.07) is 6.83. The maximum atomic E-state index is 5.62. The van der Waals surface area contributed by atoms with Crippen molar-refractivity contribution >= 4 is 21.6 Å². The van der Waals surface area contributed by atoms with Crippen molar-refractivity contribution in [3.8, 4) is 0 Å². The fraction of sp³-hybridized carbons (Fsp3) is 0.538. The number of halogens is 1. The van der Waals surface area contributed by atoms with Gasteiger partial charge in [0, 0.05) is 24.1 Å². The van der Waals surface area contributed by atoms with E-state index in [0.29, 0.717) is 18.5 Å². The van der Waals surface area contributed by atoms with Gasteiger partial charge in [-0.15, -0.1) is 0 Å². The van der Waals surface area contributed by atoms with Crippen molar-refractivity contribution in [3.63, 3.8) is 0 Å². The molecule has 1 atom stereocenters. The fourth-order valence-corrected chi connectivity index (χ4v) is 2.34. The molecule has 0 saturated heterocycles. The molecule has 0 heterocycles. The van der Waals surface area contributed by atoms with Crippen LogP contribution in [0.15, 0.2) is 22.7 Å². The maximum absolute atomic E-state index is 5.62. The molecule has 3 heteroatoms. The molecule has 1 aromatic carbocycles. The van der Waals surface area contributed by atoms with Crippen molar-refractivity contribution in [1.29, 1.82) is 0 Å². The fourth-order valence-electron chi connectivity index (χ4n) is 1.63. The molecule has 0 amide bonds. The van der Waals surface area contributed by atoms with Gasteiger partial charge in [-0.2, -0.15) is 0 Å². The third kappa shape index (κ3) is 2.98. The molecule has 0 saturated carbocycles. The second-order valence-electron chi connectivity index (χ2n) is 4.59. The van der Waals surface area contributed by atoms with Crippen LogP contribution in [-0.4, -0.2) is 13.1 Å². The van der Waals surface area contributed by atoms with Gasteiger partial charge in [0.1, 0.15) is 0 Å². The van der Waals surface area contributed by atoms with Crippen LogP contribution in [0.2, 0.25) is 0 Å². The van der Waals surface area contributed by atoms with E-state index < -0.39 is 0 Å². The average molecular weight is 285 g/mol. The number of anilines is 1. The summed E-state index contributed by atoms with van der Waals surface area (Å²) in [4.78, 5) is 2.30. The highest BCUT2D eigenvalue weighted by Gasteiger charge is 2.15. The van der Waals surface area contributed by atoms with E-state index >= 15 is 0 Å². The molecule has 90 valence electrons. The molecular weight excluding hydrogens is 264 g/mol. The SMILES string of the molecule is CC(C)C(C)N(C)c1ccc(CN)cc1Br. The van der Waals surface area contributed by atoms with Crippen LogP contribution in [0.4, 0.5) is 5.69 Å². The molecule has 0 aliphatic carbocycles. The van der Waals surface area contributed by atoms with Crippen LogP contribution in [-0.2, 0) is 6.54 Å². The standard InChI is InChI=1S/C13H21BrN2/c1-9(2)10(3)16(4)13-6-5-11(8-15)7-12(13)14/h5-7,9-10H,8,15H2,1-4H3. The van der Waals surface area contributed by atoms with Gasteiger partial charge < -0.3 is 10.6 Å². The number of nitrogens with two attached hydrogens (primary N) is 1. The van der Waals surface area contributed by atoms with Crippen molar-refractivity contribution in [1.82, 2.24) is 0 Å². The van der Waals surface area contributed by atoms with Gasteiger partial charge in [0.15, 0.2) is 0 Å². The zero-order valence-electron chi connectivity index (χ0n) is 10.5. The average Bonchev–Trinajstić information content (AvgIpc) is 2.26. The Morgan fingerprint density at radius 1 is 1.31 bits per heavy atom. The Labute approximate surface area is 107 Å². The summed E-state index contributed by atoms with van der Waals surface area (Å²) in [7, 11) is 2.13. The van der Waals surface area contributed by atoms with Crippen molar-refractivity contribution in [3.05, 3.63) is 28.2 Å². The first-order chi connectivity index (χ1) is 7.47. The maximum Gasteiger partial charge on any atom is 0.0510 e. The van der Waals surface area contributed by atoms with E-state index in [2.05, 4.69) is 66.8 Å². The van der Waals surface area contributed by atoms with Gasteiger partial charge >= 0.3 is 0 Å². The van der Waals surface area contributed by atoms with E-state index in [1.54, 1.807) is 0 Å². The zero-order valence-corrected chi connectivity index (χ0v) is 12.1. The van der Waals surface area contributed by atoms with Crippen LogP contribution >= 0.6 is 15.9 Å². The lowest BCUT2D eigenvalue weighted by molar-refractivity contribution is 0.505. The van der Waals surface area contributed by atoms with Gasteiger partial charge in [0.25, 0.3) is 0 Å². The minimum atomic E-state index is 0.514. The third-order valence-electron chi connectivity index (χ3n) is 3.20. The predicted molar refractivity (Wildman–Crippen MR) is 74.7 cm³/mol. The number of nitrogens with zero attached hydrogens (tertiary/aromatic N) is 1. The van der Waals surface area contributed by atoms with Crippen molar-refractivity contribution in [2.75, 3.05) is 11.9 Å². The van der Waals surface area contributed by atoms with Gasteiger partial charge in [-0.1, -0.05) is 19.9 Å². The molecule has 0 radical (unpaired) electrons. The van der Waals surface area contributed by atoms with Gasteiger partial charge in [-0.3, -0.25) is 0 Å². The van der Waals surface area contributed by atoms with Crippen LogP contribution in [0.25, 0.3) is 0 Å². The van der Waals surface area contributed by atoms with Crippen molar-refractivity contribution in [2.45, 2.75) is 33.4 Å². The lowest BCUT2D eigenvalue weighted by atomic mass is 10.0. The second-order valence-corrected chi connectivity index (χ2v) is 5.44. The first kappa shape index (κ1) is 13.5. The summed E-state index contributed by atoms with van der Waals surface area (Å²) in [6.07, 6.45) is 0.